The molecule has 0 spiro atoms. The van der Waals surface area contributed by atoms with E-state index >= 15 is 0 Å². The number of piperidine rings is 1. The second kappa shape index (κ2) is 9.98. The summed E-state index contributed by atoms with van der Waals surface area (Å²) in [5, 5.41) is 17.8. The highest BCUT2D eigenvalue weighted by Crippen LogP contribution is 2.36. The van der Waals surface area contributed by atoms with Crippen molar-refractivity contribution < 1.29 is 14.3 Å². The van der Waals surface area contributed by atoms with Crippen LogP contribution in [0.15, 0.2) is 40.9 Å². The molecule has 3 aliphatic rings. The van der Waals surface area contributed by atoms with Gasteiger partial charge >= 0.3 is 0 Å². The maximum Gasteiger partial charge on any atom is 0.250 e. The number of ether oxygens (including phenoxy) is 1. The number of aromatic nitrogens is 3. The summed E-state index contributed by atoms with van der Waals surface area (Å²) in [4.78, 5) is 8.94. The van der Waals surface area contributed by atoms with Crippen molar-refractivity contribution in [1.82, 2.24) is 15.2 Å². The van der Waals surface area contributed by atoms with Gasteiger partial charge in [0, 0.05) is 49.9 Å². The van der Waals surface area contributed by atoms with Crippen molar-refractivity contribution in [3.63, 3.8) is 0 Å². The third-order valence-corrected chi connectivity index (χ3v) is 6.75. The first-order chi connectivity index (χ1) is 16.2. The Balaban J connectivity index is 1.54. The van der Waals surface area contributed by atoms with Gasteiger partial charge in [-0.05, 0) is 43.2 Å². The Morgan fingerprint density at radius 3 is 2.82 bits per heavy atom. The monoisotopic (exact) mass is 468 g/mol. The fourth-order valence-electron chi connectivity index (χ4n) is 4.16. The molecule has 5 heterocycles. The minimum Gasteiger partial charge on any atom is -0.416 e. The van der Waals surface area contributed by atoms with E-state index in [-0.39, 0.29) is 12.7 Å². The topological polar surface area (TPSA) is 99.8 Å². The average molecular weight is 469 g/mol. The molecule has 0 radical (unpaired) electrons. The summed E-state index contributed by atoms with van der Waals surface area (Å²) in [6, 6.07) is 9.98. The molecule has 1 fully saturated rings. The van der Waals surface area contributed by atoms with Crippen molar-refractivity contribution in [1.29, 1.82) is 0 Å². The largest absolute Gasteiger partial charge is 0.416 e. The molecule has 1 aromatic carbocycles. The molecule has 10 heteroatoms. The molecule has 6 bridgehead atoms. The third kappa shape index (κ3) is 4.92. The Hall–Kier alpha value is -2.82. The van der Waals surface area contributed by atoms with Crippen LogP contribution in [0.5, 0.6) is 0 Å². The van der Waals surface area contributed by atoms with Crippen molar-refractivity contribution in [3.8, 4) is 22.9 Å². The molecule has 9 nitrogen and oxygen atoms in total. The van der Waals surface area contributed by atoms with E-state index in [1.54, 1.807) is 6.20 Å². The number of likely N-dealkylation sites (N-methyl/N-ethyl adjacent to an activating group) is 1. The molecule has 0 atom stereocenters. The van der Waals surface area contributed by atoms with Crippen molar-refractivity contribution in [3.05, 3.63) is 36.5 Å². The molecule has 1 saturated heterocycles. The quantitative estimate of drug-likeness (QED) is 0.438. The summed E-state index contributed by atoms with van der Waals surface area (Å²) >= 11 is 1.48. The molecule has 174 valence electrons. The number of fused-ring (bicyclic) bond motifs is 5. The minimum absolute atomic E-state index is 0.132. The van der Waals surface area contributed by atoms with Gasteiger partial charge in [0.05, 0.1) is 30.6 Å². The van der Waals surface area contributed by atoms with Gasteiger partial charge in [-0.25, -0.2) is 4.98 Å². The van der Waals surface area contributed by atoms with Crippen LogP contribution in [0.2, 0.25) is 0 Å². The Morgan fingerprint density at radius 2 is 1.97 bits per heavy atom. The number of hydrogen-bond acceptors (Lipinski definition) is 10. The van der Waals surface area contributed by atoms with E-state index in [1.807, 2.05) is 31.3 Å². The van der Waals surface area contributed by atoms with Crippen molar-refractivity contribution in [2.75, 3.05) is 60.2 Å². The van der Waals surface area contributed by atoms with E-state index in [4.69, 9.17) is 14.3 Å². The summed E-state index contributed by atoms with van der Waals surface area (Å²) < 4.78 is 15.7. The lowest BCUT2D eigenvalue weighted by Crippen LogP contribution is -2.38. The highest BCUT2D eigenvalue weighted by Gasteiger charge is 2.25. The van der Waals surface area contributed by atoms with Crippen LogP contribution in [0.3, 0.4) is 0 Å². The van der Waals surface area contributed by atoms with Gasteiger partial charge in [0.2, 0.25) is 11.8 Å². The number of aliphatic hydroxyl groups excluding tert-OH is 1. The molecule has 3 aromatic rings. The molecule has 2 N–H and O–H groups in total. The Morgan fingerprint density at radius 1 is 1.12 bits per heavy atom. The predicted octanol–water partition coefficient (Wildman–Crippen LogP) is 3.29. The lowest BCUT2D eigenvalue weighted by Gasteiger charge is -2.35. The van der Waals surface area contributed by atoms with Crippen LogP contribution in [0.25, 0.3) is 22.9 Å². The Kier molecular flexibility index (Phi) is 6.65. The van der Waals surface area contributed by atoms with Gasteiger partial charge in [-0.15, -0.1) is 10.2 Å². The predicted molar refractivity (Wildman–Crippen MR) is 131 cm³/mol. The van der Waals surface area contributed by atoms with E-state index in [9.17, 15) is 0 Å². The van der Waals surface area contributed by atoms with Gasteiger partial charge < -0.3 is 28.8 Å². The second-order valence-electron chi connectivity index (χ2n) is 8.20. The molecule has 0 unspecified atom stereocenters. The number of rotatable bonds is 4. The zero-order chi connectivity index (χ0) is 22.6. The first-order valence-electron chi connectivity index (χ1n) is 11.2. The Bertz CT molecular complexity index is 1090. The number of benzene rings is 1. The van der Waals surface area contributed by atoms with Gasteiger partial charge in [-0.2, -0.15) is 0 Å². The fourth-order valence-corrected chi connectivity index (χ4v) is 4.65. The molecule has 0 saturated carbocycles. The lowest BCUT2D eigenvalue weighted by atomic mass is 10.0. The minimum atomic E-state index is 0.132. The lowest BCUT2D eigenvalue weighted by molar-refractivity contribution is 0.0418. The molecular weight excluding hydrogens is 440 g/mol. The van der Waals surface area contributed by atoms with Crippen molar-refractivity contribution >= 4 is 29.1 Å². The summed E-state index contributed by atoms with van der Waals surface area (Å²) in [7, 11) is 2.02. The van der Waals surface area contributed by atoms with E-state index in [0.29, 0.717) is 24.1 Å². The molecular formula is C23H28N6O3S. The smallest absolute Gasteiger partial charge is 0.250 e. The van der Waals surface area contributed by atoms with Crippen LogP contribution in [0, 0.1) is 0 Å². The third-order valence-electron chi connectivity index (χ3n) is 5.98. The van der Waals surface area contributed by atoms with E-state index in [2.05, 4.69) is 35.8 Å². The van der Waals surface area contributed by atoms with Gasteiger partial charge in [-0.1, -0.05) is 11.9 Å². The highest BCUT2D eigenvalue weighted by atomic mass is 32.2. The molecule has 3 aliphatic heterocycles. The van der Waals surface area contributed by atoms with Gasteiger partial charge in [0.1, 0.15) is 5.82 Å². The SMILES string of the molecule is CN1CCOC2CCN(CC2)c2cc(NSCCO)ccc2-c2nnc(o2)-c2ccnc1c2. The van der Waals surface area contributed by atoms with Crippen LogP contribution in [-0.4, -0.2) is 72.0 Å². The van der Waals surface area contributed by atoms with Crippen LogP contribution >= 0.6 is 11.9 Å². The molecule has 2 aromatic heterocycles. The molecule has 0 aliphatic carbocycles. The van der Waals surface area contributed by atoms with Crippen LogP contribution in [0.4, 0.5) is 17.2 Å². The highest BCUT2D eigenvalue weighted by molar-refractivity contribution is 8.00. The molecule has 33 heavy (non-hydrogen) atoms. The average Bonchev–Trinajstić information content (AvgIpc) is 3.34. The van der Waals surface area contributed by atoms with Crippen LogP contribution in [0.1, 0.15) is 12.8 Å². The van der Waals surface area contributed by atoms with Gasteiger partial charge in [0.15, 0.2) is 0 Å². The number of anilines is 3. The fraction of sp³-hybridized carbons (Fsp3) is 0.435. The number of aliphatic hydroxyl groups is 1. The number of nitrogens with one attached hydrogen (secondary N) is 1. The van der Waals surface area contributed by atoms with E-state index < -0.39 is 0 Å². The Labute approximate surface area is 197 Å². The summed E-state index contributed by atoms with van der Waals surface area (Å²) in [5.41, 5.74) is 3.77. The van der Waals surface area contributed by atoms with Gasteiger partial charge in [0.25, 0.3) is 0 Å². The first-order valence-corrected chi connectivity index (χ1v) is 12.2. The van der Waals surface area contributed by atoms with Crippen LogP contribution in [-0.2, 0) is 4.74 Å². The first kappa shape index (κ1) is 22.0. The van der Waals surface area contributed by atoms with Crippen LogP contribution < -0.4 is 14.5 Å². The summed E-state index contributed by atoms with van der Waals surface area (Å²) in [6.07, 6.45) is 3.94. The summed E-state index contributed by atoms with van der Waals surface area (Å²) in [5.74, 6) is 2.42. The summed E-state index contributed by atoms with van der Waals surface area (Å²) in [6.45, 7) is 3.33. The molecule has 0 amide bonds. The second-order valence-corrected chi connectivity index (χ2v) is 9.10. The van der Waals surface area contributed by atoms with E-state index in [1.165, 1.54) is 11.9 Å². The van der Waals surface area contributed by atoms with Crippen molar-refractivity contribution in [2.45, 2.75) is 18.9 Å². The zero-order valence-corrected chi connectivity index (χ0v) is 19.4. The zero-order valence-electron chi connectivity index (χ0n) is 18.6. The maximum atomic E-state index is 9.08. The number of hydrogen-bond donors (Lipinski definition) is 2. The normalized spacial score (nSPS) is 16.7. The standard InChI is InChI=1S/C23H28N6O3S/c1-28-10-12-31-18-5-8-29(9-6-18)20-15-17(27-33-13-11-30)2-3-19(20)23-26-25-22(32-23)16-4-7-24-21(28)14-16/h2-4,7,14-15,18,27,30H,5-6,8-13H2,1H3. The maximum absolute atomic E-state index is 9.08. The molecule has 6 rings (SSSR count). The number of nitrogens with zero attached hydrogens (tertiary/aromatic N) is 5. The number of pyridine rings is 1. The van der Waals surface area contributed by atoms with Gasteiger partial charge in [-0.3, -0.25) is 0 Å². The van der Waals surface area contributed by atoms with Crippen molar-refractivity contribution in [2.24, 2.45) is 0 Å². The van der Waals surface area contributed by atoms with E-state index in [0.717, 1.165) is 60.8 Å².